The number of rotatable bonds is 10. The Kier molecular flexibility index (Phi) is 10.5. The lowest BCUT2D eigenvalue weighted by atomic mass is 10.1. The van der Waals surface area contributed by atoms with Crippen LogP contribution in [0.25, 0.3) is 0 Å². The number of carbonyl (C=O) groups is 1. The van der Waals surface area contributed by atoms with Gasteiger partial charge in [-0.2, -0.15) is 0 Å². The van der Waals surface area contributed by atoms with Crippen LogP contribution in [0.15, 0.2) is 24.3 Å². The largest absolute Gasteiger partial charge is 0.508 e. The molecule has 0 saturated carbocycles. The van der Waals surface area contributed by atoms with E-state index < -0.39 is 24.5 Å². The molecular weight excluding hydrogens is 416 g/mol. The van der Waals surface area contributed by atoms with E-state index in [4.69, 9.17) is 33.2 Å². The van der Waals surface area contributed by atoms with Crippen molar-refractivity contribution in [2.75, 3.05) is 34.5 Å². The quantitative estimate of drug-likeness (QED) is 0.229. The highest BCUT2D eigenvalue weighted by Gasteiger charge is 2.30. The van der Waals surface area contributed by atoms with Crippen molar-refractivity contribution in [2.45, 2.75) is 51.4 Å². The minimum absolute atomic E-state index is 0.0502. The highest BCUT2D eigenvalue weighted by Crippen LogP contribution is 2.41. The zero-order valence-electron chi connectivity index (χ0n) is 19.3. The van der Waals surface area contributed by atoms with Crippen LogP contribution in [-0.2, 0) is 14.2 Å². The molecule has 0 aliphatic carbocycles. The van der Waals surface area contributed by atoms with Crippen molar-refractivity contribution < 1.29 is 38.0 Å². The topological polar surface area (TPSA) is 81.7 Å². The monoisotopic (exact) mass is 448 g/mol. The van der Waals surface area contributed by atoms with Crippen LogP contribution in [0.4, 0.5) is 4.79 Å². The number of benzene rings is 1. The third-order valence-electron chi connectivity index (χ3n) is 4.60. The van der Waals surface area contributed by atoms with Crippen LogP contribution in [0.3, 0.4) is 0 Å². The summed E-state index contributed by atoms with van der Waals surface area (Å²) in [5, 5.41) is 0. The second-order valence-electron chi connectivity index (χ2n) is 6.84. The van der Waals surface area contributed by atoms with Gasteiger partial charge in [-0.3, -0.25) is 0 Å². The molecule has 8 heteroatoms. The van der Waals surface area contributed by atoms with Gasteiger partial charge in [-0.15, -0.1) is 5.92 Å². The van der Waals surface area contributed by atoms with Crippen LogP contribution in [0.2, 0.25) is 0 Å². The first-order valence-corrected chi connectivity index (χ1v) is 10.6. The van der Waals surface area contributed by atoms with Gasteiger partial charge in [0, 0.05) is 18.6 Å². The minimum Gasteiger partial charge on any atom is -0.493 e. The zero-order valence-corrected chi connectivity index (χ0v) is 19.3. The van der Waals surface area contributed by atoms with Gasteiger partial charge in [0.2, 0.25) is 5.75 Å². The highest BCUT2D eigenvalue weighted by atomic mass is 16.7. The Morgan fingerprint density at radius 2 is 1.75 bits per heavy atom. The van der Waals surface area contributed by atoms with Crippen molar-refractivity contribution in [2.24, 2.45) is 0 Å². The molecule has 1 aliphatic rings. The summed E-state index contributed by atoms with van der Waals surface area (Å²) in [7, 11) is 4.59. The van der Waals surface area contributed by atoms with Crippen LogP contribution >= 0.6 is 0 Å². The molecule has 0 radical (unpaired) electrons. The van der Waals surface area contributed by atoms with Crippen LogP contribution in [0.5, 0.6) is 23.0 Å². The fraction of sp³-hybridized carbons (Fsp3) is 0.542. The average Bonchev–Trinajstić information content (AvgIpc) is 2.81. The molecule has 0 unspecified atom stereocenters. The number of hydrogen-bond acceptors (Lipinski definition) is 8. The Balaban J connectivity index is 2.21. The Morgan fingerprint density at radius 3 is 2.34 bits per heavy atom. The molecule has 0 amide bonds. The molecule has 0 saturated heterocycles. The summed E-state index contributed by atoms with van der Waals surface area (Å²) in [6.07, 6.45) is 4.30. The molecule has 3 atom stereocenters. The van der Waals surface area contributed by atoms with E-state index in [1.54, 1.807) is 19.1 Å². The lowest BCUT2D eigenvalue weighted by Gasteiger charge is -2.30. The molecule has 176 valence electrons. The second-order valence-corrected chi connectivity index (χ2v) is 6.84. The molecule has 8 nitrogen and oxygen atoms in total. The van der Waals surface area contributed by atoms with E-state index in [1.165, 1.54) is 21.3 Å². The van der Waals surface area contributed by atoms with E-state index in [1.807, 2.05) is 12.2 Å². The Labute approximate surface area is 189 Å². The molecule has 0 N–H and O–H groups in total. The molecular formula is C24H32O8. The maximum absolute atomic E-state index is 11.7. The van der Waals surface area contributed by atoms with Crippen molar-refractivity contribution in [3.05, 3.63) is 24.3 Å². The molecule has 1 aromatic rings. The van der Waals surface area contributed by atoms with E-state index in [2.05, 4.69) is 18.8 Å². The van der Waals surface area contributed by atoms with Crippen molar-refractivity contribution >= 4 is 6.16 Å². The van der Waals surface area contributed by atoms with Crippen molar-refractivity contribution in [3.8, 4) is 34.8 Å². The van der Waals surface area contributed by atoms with Gasteiger partial charge in [0.25, 0.3) is 0 Å². The second kappa shape index (κ2) is 13.4. The average molecular weight is 449 g/mol. The summed E-state index contributed by atoms with van der Waals surface area (Å²) in [5.41, 5.74) is 0. The fourth-order valence-corrected chi connectivity index (χ4v) is 3.01. The summed E-state index contributed by atoms with van der Waals surface area (Å²) in [4.78, 5) is 11.7. The van der Waals surface area contributed by atoms with Crippen LogP contribution in [-0.4, -0.2) is 59.0 Å². The molecule has 0 spiro atoms. The third-order valence-corrected chi connectivity index (χ3v) is 4.60. The number of methoxy groups -OCH3 is 3. The standard InChI is InChI=1S/C24H32O8/c1-6-8-9-10-11-17-12-13-19(22(31-17)16-30-24(25)29-7-2)32-18-14-20(26-3)23(28-5)21(15-18)27-4/h12-15,17,19,22H,6-9,16H2,1-5H3/t17-,19+,22-/m1/s1. The summed E-state index contributed by atoms with van der Waals surface area (Å²) in [6.45, 7) is 4.00. The molecule has 2 rings (SSSR count). The van der Waals surface area contributed by atoms with Crippen molar-refractivity contribution in [1.29, 1.82) is 0 Å². The summed E-state index contributed by atoms with van der Waals surface area (Å²) in [5.74, 6) is 8.07. The molecule has 32 heavy (non-hydrogen) atoms. The number of unbranched alkanes of at least 4 members (excludes halogenated alkanes) is 2. The van der Waals surface area contributed by atoms with Gasteiger partial charge >= 0.3 is 6.16 Å². The van der Waals surface area contributed by atoms with Crippen LogP contribution < -0.4 is 18.9 Å². The Morgan fingerprint density at radius 1 is 1.03 bits per heavy atom. The number of hydrogen-bond donors (Lipinski definition) is 0. The molecule has 0 aromatic heterocycles. The summed E-state index contributed by atoms with van der Waals surface area (Å²) < 4.78 is 38.3. The predicted molar refractivity (Wildman–Crippen MR) is 119 cm³/mol. The van der Waals surface area contributed by atoms with E-state index in [-0.39, 0.29) is 13.2 Å². The van der Waals surface area contributed by atoms with Crippen molar-refractivity contribution in [1.82, 2.24) is 0 Å². The van der Waals surface area contributed by atoms with Gasteiger partial charge in [0.1, 0.15) is 30.7 Å². The summed E-state index contributed by atoms with van der Waals surface area (Å²) in [6, 6.07) is 3.38. The van der Waals surface area contributed by atoms with Gasteiger partial charge in [-0.25, -0.2) is 4.79 Å². The Hall–Kier alpha value is -3.05. The van der Waals surface area contributed by atoms with Gasteiger partial charge in [0.05, 0.1) is 27.9 Å². The van der Waals surface area contributed by atoms with E-state index in [0.717, 1.165) is 19.3 Å². The Bertz CT molecular complexity index is 798. The van der Waals surface area contributed by atoms with Gasteiger partial charge in [0.15, 0.2) is 11.5 Å². The molecule has 0 fully saturated rings. The van der Waals surface area contributed by atoms with Gasteiger partial charge in [-0.05, 0) is 25.5 Å². The zero-order chi connectivity index (χ0) is 23.3. The van der Waals surface area contributed by atoms with Gasteiger partial charge < -0.3 is 33.2 Å². The van der Waals surface area contributed by atoms with E-state index in [0.29, 0.717) is 23.0 Å². The number of carbonyl (C=O) groups excluding carboxylic acids is 1. The smallest absolute Gasteiger partial charge is 0.493 e. The molecule has 0 bridgehead atoms. The lowest BCUT2D eigenvalue weighted by molar-refractivity contribution is -0.0667. The molecule has 1 aromatic carbocycles. The number of ether oxygens (including phenoxy) is 7. The predicted octanol–water partition coefficient (Wildman–Crippen LogP) is 4.15. The first kappa shape index (κ1) is 25.2. The fourth-order valence-electron chi connectivity index (χ4n) is 3.01. The van der Waals surface area contributed by atoms with Crippen LogP contribution in [0, 0.1) is 11.8 Å². The maximum Gasteiger partial charge on any atom is 0.508 e. The van der Waals surface area contributed by atoms with Gasteiger partial charge in [-0.1, -0.05) is 19.3 Å². The first-order chi connectivity index (χ1) is 15.6. The van der Waals surface area contributed by atoms with E-state index in [9.17, 15) is 4.79 Å². The van der Waals surface area contributed by atoms with E-state index >= 15 is 0 Å². The normalized spacial score (nSPS) is 19.3. The SMILES string of the molecule is CCCCC#C[C@@H]1C=C[C@H](Oc2cc(OC)c(OC)c(OC)c2)[C@@H](COC(=O)OCC)O1. The maximum atomic E-state index is 11.7. The van der Waals surface area contributed by atoms with Crippen LogP contribution in [0.1, 0.15) is 33.1 Å². The molecule has 1 heterocycles. The highest BCUT2D eigenvalue weighted by molar-refractivity contribution is 5.59. The minimum atomic E-state index is -0.761. The third kappa shape index (κ3) is 7.27. The molecule has 1 aliphatic heterocycles. The first-order valence-electron chi connectivity index (χ1n) is 10.6. The lowest BCUT2D eigenvalue weighted by Crippen LogP contribution is -2.42. The van der Waals surface area contributed by atoms with Crippen molar-refractivity contribution in [3.63, 3.8) is 0 Å². The summed E-state index contributed by atoms with van der Waals surface area (Å²) >= 11 is 0.